The van der Waals surface area contributed by atoms with Gasteiger partial charge in [0.15, 0.2) is 0 Å². The van der Waals surface area contributed by atoms with E-state index in [0.717, 1.165) is 35.3 Å². The predicted molar refractivity (Wildman–Crippen MR) is 64.4 cm³/mol. The van der Waals surface area contributed by atoms with Gasteiger partial charge in [0.25, 0.3) is 0 Å². The molecule has 2 aromatic rings. The summed E-state index contributed by atoms with van der Waals surface area (Å²) in [6, 6.07) is 9.64. The highest BCUT2D eigenvalue weighted by Gasteiger charge is 2.19. The molecule has 16 heavy (non-hydrogen) atoms. The third-order valence-electron chi connectivity index (χ3n) is 3.03. The standard InChI is InChI=1S/C13H14N2O/c14-10-5-6-12-9(8-10)4-7-13(15-12)16-11-2-1-3-11/h4-8,11H,1-3,14H2. The molecule has 1 saturated carbocycles. The van der Waals surface area contributed by atoms with Crippen LogP contribution in [0.1, 0.15) is 19.3 Å². The van der Waals surface area contributed by atoms with Crippen molar-refractivity contribution in [3.63, 3.8) is 0 Å². The first kappa shape index (κ1) is 9.46. The van der Waals surface area contributed by atoms with Crippen molar-refractivity contribution in [3.05, 3.63) is 30.3 Å². The van der Waals surface area contributed by atoms with Gasteiger partial charge in [0.1, 0.15) is 6.10 Å². The maximum Gasteiger partial charge on any atom is 0.214 e. The SMILES string of the molecule is Nc1ccc2nc(OC3CCC3)ccc2c1. The van der Waals surface area contributed by atoms with Crippen LogP contribution in [0.4, 0.5) is 5.69 Å². The Bertz CT molecular complexity index is 520. The van der Waals surface area contributed by atoms with Gasteiger partial charge in [-0.3, -0.25) is 0 Å². The lowest BCUT2D eigenvalue weighted by molar-refractivity contribution is 0.115. The third-order valence-corrected chi connectivity index (χ3v) is 3.03. The molecule has 0 atom stereocenters. The molecule has 1 fully saturated rings. The first-order valence-corrected chi connectivity index (χ1v) is 5.64. The minimum absolute atomic E-state index is 0.374. The highest BCUT2D eigenvalue weighted by Crippen LogP contribution is 2.25. The fraction of sp³-hybridized carbons (Fsp3) is 0.308. The molecule has 1 aliphatic carbocycles. The number of fused-ring (bicyclic) bond motifs is 1. The zero-order chi connectivity index (χ0) is 11.0. The number of pyridine rings is 1. The van der Waals surface area contributed by atoms with Crippen molar-refractivity contribution in [3.8, 4) is 5.88 Å². The molecule has 1 aromatic carbocycles. The molecule has 3 rings (SSSR count). The van der Waals surface area contributed by atoms with Crippen molar-refractivity contribution >= 4 is 16.6 Å². The van der Waals surface area contributed by atoms with Crippen molar-refractivity contribution in [2.75, 3.05) is 5.73 Å². The lowest BCUT2D eigenvalue weighted by atomic mass is 9.96. The van der Waals surface area contributed by atoms with Crippen LogP contribution in [0.25, 0.3) is 10.9 Å². The van der Waals surface area contributed by atoms with Crippen molar-refractivity contribution < 1.29 is 4.74 Å². The average Bonchev–Trinajstić information content (AvgIpc) is 2.23. The minimum atomic E-state index is 0.374. The first-order valence-electron chi connectivity index (χ1n) is 5.64. The second-order valence-corrected chi connectivity index (χ2v) is 4.27. The Balaban J connectivity index is 1.92. The van der Waals surface area contributed by atoms with Crippen LogP contribution >= 0.6 is 0 Å². The van der Waals surface area contributed by atoms with Gasteiger partial charge in [-0.05, 0) is 43.5 Å². The van der Waals surface area contributed by atoms with Gasteiger partial charge in [-0.2, -0.15) is 0 Å². The van der Waals surface area contributed by atoms with Crippen LogP contribution in [0.2, 0.25) is 0 Å². The Morgan fingerprint density at radius 3 is 2.81 bits per heavy atom. The zero-order valence-corrected chi connectivity index (χ0v) is 9.02. The van der Waals surface area contributed by atoms with Crippen LogP contribution in [0, 0.1) is 0 Å². The van der Waals surface area contributed by atoms with Gasteiger partial charge in [-0.15, -0.1) is 0 Å². The smallest absolute Gasteiger partial charge is 0.214 e. The van der Waals surface area contributed by atoms with E-state index in [1.54, 1.807) is 0 Å². The minimum Gasteiger partial charge on any atom is -0.474 e. The highest BCUT2D eigenvalue weighted by atomic mass is 16.5. The van der Waals surface area contributed by atoms with E-state index in [-0.39, 0.29) is 0 Å². The van der Waals surface area contributed by atoms with Crippen molar-refractivity contribution in [2.24, 2.45) is 0 Å². The molecule has 0 saturated heterocycles. The number of nitrogens with zero attached hydrogens (tertiary/aromatic N) is 1. The molecule has 82 valence electrons. The Morgan fingerprint density at radius 1 is 1.19 bits per heavy atom. The molecule has 3 nitrogen and oxygen atoms in total. The molecular formula is C13H14N2O. The summed E-state index contributed by atoms with van der Waals surface area (Å²) in [6.45, 7) is 0. The molecule has 0 radical (unpaired) electrons. The summed E-state index contributed by atoms with van der Waals surface area (Å²) in [6.07, 6.45) is 3.95. The maximum absolute atomic E-state index is 5.75. The van der Waals surface area contributed by atoms with E-state index < -0.39 is 0 Å². The molecule has 1 aromatic heterocycles. The average molecular weight is 214 g/mol. The van der Waals surface area contributed by atoms with Gasteiger partial charge in [-0.25, -0.2) is 4.98 Å². The fourth-order valence-electron chi connectivity index (χ4n) is 1.85. The molecule has 0 unspecified atom stereocenters. The fourth-order valence-corrected chi connectivity index (χ4v) is 1.85. The van der Waals surface area contributed by atoms with E-state index in [0.29, 0.717) is 6.10 Å². The van der Waals surface area contributed by atoms with Crippen molar-refractivity contribution in [2.45, 2.75) is 25.4 Å². The van der Waals surface area contributed by atoms with Gasteiger partial charge in [-0.1, -0.05) is 0 Å². The summed E-state index contributed by atoms with van der Waals surface area (Å²) in [5.74, 6) is 0.724. The second kappa shape index (κ2) is 3.67. The number of anilines is 1. The van der Waals surface area contributed by atoms with Crippen LogP contribution in [0.3, 0.4) is 0 Å². The van der Waals surface area contributed by atoms with Crippen LogP contribution in [0.15, 0.2) is 30.3 Å². The summed E-state index contributed by atoms with van der Waals surface area (Å²) in [5.41, 5.74) is 7.42. The Morgan fingerprint density at radius 2 is 2.06 bits per heavy atom. The summed E-state index contributed by atoms with van der Waals surface area (Å²) in [5, 5.41) is 1.06. The maximum atomic E-state index is 5.75. The molecule has 0 spiro atoms. The summed E-state index contributed by atoms with van der Waals surface area (Å²) in [7, 11) is 0. The first-order chi connectivity index (χ1) is 7.81. The van der Waals surface area contributed by atoms with Gasteiger partial charge < -0.3 is 10.5 Å². The molecule has 2 N–H and O–H groups in total. The van der Waals surface area contributed by atoms with Crippen LogP contribution in [-0.4, -0.2) is 11.1 Å². The summed E-state index contributed by atoms with van der Waals surface area (Å²) < 4.78 is 5.75. The van der Waals surface area contributed by atoms with Crippen molar-refractivity contribution in [1.29, 1.82) is 0 Å². The lowest BCUT2D eigenvalue weighted by Crippen LogP contribution is -2.24. The molecule has 3 heteroatoms. The highest BCUT2D eigenvalue weighted by molar-refractivity contribution is 5.82. The van der Waals surface area contributed by atoms with Gasteiger partial charge in [0.2, 0.25) is 5.88 Å². The Hall–Kier alpha value is -1.77. The molecule has 1 heterocycles. The van der Waals surface area contributed by atoms with E-state index in [1.165, 1.54) is 6.42 Å². The van der Waals surface area contributed by atoms with Gasteiger partial charge in [0, 0.05) is 17.1 Å². The third kappa shape index (κ3) is 1.69. The number of ether oxygens (including phenoxy) is 1. The quantitative estimate of drug-likeness (QED) is 0.782. The summed E-state index contributed by atoms with van der Waals surface area (Å²) in [4.78, 5) is 4.46. The van der Waals surface area contributed by atoms with Gasteiger partial charge in [0.05, 0.1) is 5.52 Å². The normalized spacial score (nSPS) is 16.0. The molecule has 1 aliphatic rings. The van der Waals surface area contributed by atoms with Crippen molar-refractivity contribution in [1.82, 2.24) is 4.98 Å². The zero-order valence-electron chi connectivity index (χ0n) is 9.02. The Labute approximate surface area is 94.2 Å². The molecule has 0 amide bonds. The van der Waals surface area contributed by atoms with E-state index in [9.17, 15) is 0 Å². The Kier molecular flexibility index (Phi) is 2.17. The van der Waals surface area contributed by atoms with E-state index in [4.69, 9.17) is 10.5 Å². The van der Waals surface area contributed by atoms with Crippen LogP contribution < -0.4 is 10.5 Å². The number of nitrogen functional groups attached to an aromatic ring is 1. The molecule has 0 aliphatic heterocycles. The lowest BCUT2D eigenvalue weighted by Gasteiger charge is -2.25. The molecular weight excluding hydrogens is 200 g/mol. The van der Waals surface area contributed by atoms with E-state index in [2.05, 4.69) is 4.98 Å². The molecule has 0 bridgehead atoms. The monoisotopic (exact) mass is 214 g/mol. The predicted octanol–water partition coefficient (Wildman–Crippen LogP) is 2.75. The number of benzene rings is 1. The van der Waals surface area contributed by atoms with Crippen LogP contribution in [-0.2, 0) is 0 Å². The number of aromatic nitrogens is 1. The van der Waals surface area contributed by atoms with Gasteiger partial charge >= 0.3 is 0 Å². The number of hydrogen-bond acceptors (Lipinski definition) is 3. The largest absolute Gasteiger partial charge is 0.474 e. The number of nitrogens with two attached hydrogens (primary N) is 1. The number of rotatable bonds is 2. The van der Waals surface area contributed by atoms with E-state index >= 15 is 0 Å². The number of hydrogen-bond donors (Lipinski definition) is 1. The van der Waals surface area contributed by atoms with E-state index in [1.807, 2.05) is 30.3 Å². The van der Waals surface area contributed by atoms with Crippen LogP contribution in [0.5, 0.6) is 5.88 Å². The summed E-state index contributed by atoms with van der Waals surface area (Å²) >= 11 is 0. The second-order valence-electron chi connectivity index (χ2n) is 4.27. The topological polar surface area (TPSA) is 48.1 Å².